The Hall–Kier alpha value is -2.83. The fourth-order valence-electron chi connectivity index (χ4n) is 4.58. The Morgan fingerprint density at radius 1 is 1.06 bits per heavy atom. The first kappa shape index (κ1) is 22.0. The maximum Gasteiger partial charge on any atom is 0.232 e. The molecule has 1 aliphatic carbocycles. The van der Waals surface area contributed by atoms with Crippen molar-refractivity contribution in [1.82, 2.24) is 4.90 Å². The van der Waals surface area contributed by atoms with Gasteiger partial charge in [0.05, 0.1) is 18.9 Å². The zero-order valence-electron chi connectivity index (χ0n) is 18.5. The number of thioether (sulfide) groups is 1. The lowest BCUT2D eigenvalue weighted by molar-refractivity contribution is -0.137. The van der Waals surface area contributed by atoms with Crippen LogP contribution in [0.2, 0.25) is 0 Å². The third kappa shape index (κ3) is 4.92. The first-order valence-corrected chi connectivity index (χ1v) is 12.6. The molecule has 1 fully saturated rings. The van der Waals surface area contributed by atoms with Gasteiger partial charge in [-0.2, -0.15) is 0 Å². The minimum absolute atomic E-state index is 0.139. The fraction of sp³-hybridized carbons (Fsp3) is 0.333. The van der Waals surface area contributed by atoms with Gasteiger partial charge in [-0.15, -0.1) is 11.8 Å². The summed E-state index contributed by atoms with van der Waals surface area (Å²) in [6, 6.07) is 20.3. The Morgan fingerprint density at radius 2 is 1.91 bits per heavy atom. The predicted octanol–water partition coefficient (Wildman–Crippen LogP) is 4.51. The number of Topliss-reactive ketones (excluding diaryl/α,β-unsaturated/α-hetero) is 1. The molecule has 0 spiro atoms. The summed E-state index contributed by atoms with van der Waals surface area (Å²) in [6.45, 7) is 2.03. The minimum Gasteiger partial charge on any atom is -0.491 e. The molecule has 1 unspecified atom stereocenters. The molecule has 5 nitrogen and oxygen atoms in total. The number of nitrogens with zero attached hydrogens (tertiary/aromatic N) is 1. The molecule has 1 aliphatic heterocycles. The van der Waals surface area contributed by atoms with Crippen molar-refractivity contribution < 1.29 is 19.1 Å². The van der Waals surface area contributed by atoms with Gasteiger partial charge < -0.3 is 14.4 Å². The summed E-state index contributed by atoms with van der Waals surface area (Å²) < 4.78 is 11.9. The monoisotopic (exact) mass is 461 g/mol. The zero-order chi connectivity index (χ0) is 22.6. The lowest BCUT2D eigenvalue weighted by atomic mass is 10.1. The Labute approximate surface area is 198 Å². The van der Waals surface area contributed by atoms with E-state index < -0.39 is 0 Å². The van der Waals surface area contributed by atoms with Crippen molar-refractivity contribution in [2.45, 2.75) is 24.7 Å². The summed E-state index contributed by atoms with van der Waals surface area (Å²) in [5.74, 6) is 2.34. The topological polar surface area (TPSA) is 55.8 Å². The molecule has 2 aliphatic rings. The van der Waals surface area contributed by atoms with Gasteiger partial charge in [0, 0.05) is 29.8 Å². The van der Waals surface area contributed by atoms with Crippen LogP contribution in [-0.4, -0.2) is 54.8 Å². The van der Waals surface area contributed by atoms with E-state index in [9.17, 15) is 9.59 Å². The smallest absolute Gasteiger partial charge is 0.232 e. The third-order valence-corrected chi connectivity index (χ3v) is 7.28. The van der Waals surface area contributed by atoms with Crippen molar-refractivity contribution in [3.8, 4) is 5.75 Å². The minimum atomic E-state index is -0.168. The van der Waals surface area contributed by atoms with E-state index in [0.29, 0.717) is 38.5 Å². The molecule has 3 aromatic rings. The molecule has 5 rings (SSSR count). The Balaban J connectivity index is 1.12. The Morgan fingerprint density at radius 3 is 2.85 bits per heavy atom. The molecule has 0 bridgehead atoms. The van der Waals surface area contributed by atoms with E-state index in [2.05, 4.69) is 36.4 Å². The molecule has 0 saturated carbocycles. The van der Waals surface area contributed by atoms with E-state index in [1.807, 2.05) is 29.2 Å². The van der Waals surface area contributed by atoms with Gasteiger partial charge in [-0.05, 0) is 28.8 Å². The average molecular weight is 462 g/mol. The van der Waals surface area contributed by atoms with Crippen molar-refractivity contribution in [1.29, 1.82) is 0 Å². The maximum atomic E-state index is 12.8. The standard InChI is InChI=1S/C27H27NO4S/c29-25-12-11-24-23(25)9-4-10-26(24)32-16-21-15-28(13-14-31-21)27(30)18-33-17-20-7-3-6-19-5-1-2-8-22(19)20/h1-10,21H,11-18H2. The SMILES string of the molecule is O=C1CCc2c(OCC3CN(C(=O)CSCc4cccc5ccccc45)CCO3)cccc21. The molecular weight excluding hydrogens is 434 g/mol. The van der Waals surface area contributed by atoms with Gasteiger partial charge in [-0.3, -0.25) is 9.59 Å². The normalized spacial score (nSPS) is 17.9. The van der Waals surface area contributed by atoms with Crippen molar-refractivity contribution in [3.05, 3.63) is 77.4 Å². The quantitative estimate of drug-likeness (QED) is 0.518. The number of carbonyl (C=O) groups excluding carboxylic acids is 2. The van der Waals surface area contributed by atoms with Crippen LogP contribution in [0.1, 0.15) is 27.9 Å². The lowest BCUT2D eigenvalue weighted by Crippen LogP contribution is -2.48. The number of amides is 1. The number of rotatable bonds is 7. The van der Waals surface area contributed by atoms with Crippen molar-refractivity contribution >= 4 is 34.2 Å². The van der Waals surface area contributed by atoms with Gasteiger partial charge in [0.25, 0.3) is 0 Å². The Bertz CT molecular complexity index is 1170. The Kier molecular flexibility index (Phi) is 6.65. The van der Waals surface area contributed by atoms with Gasteiger partial charge in [0.15, 0.2) is 5.78 Å². The molecule has 3 aromatic carbocycles. The number of fused-ring (bicyclic) bond motifs is 2. The van der Waals surface area contributed by atoms with Crippen LogP contribution in [0.15, 0.2) is 60.7 Å². The molecule has 1 atom stereocenters. The van der Waals surface area contributed by atoms with Crippen LogP contribution in [-0.2, 0) is 21.7 Å². The highest BCUT2D eigenvalue weighted by atomic mass is 32.2. The van der Waals surface area contributed by atoms with Crippen LogP contribution in [0.5, 0.6) is 5.75 Å². The zero-order valence-corrected chi connectivity index (χ0v) is 19.3. The second-order valence-electron chi connectivity index (χ2n) is 8.48. The van der Waals surface area contributed by atoms with E-state index in [1.165, 1.54) is 16.3 Å². The fourth-order valence-corrected chi connectivity index (χ4v) is 5.51. The van der Waals surface area contributed by atoms with Gasteiger partial charge >= 0.3 is 0 Å². The van der Waals surface area contributed by atoms with Crippen LogP contribution >= 0.6 is 11.8 Å². The number of morpholine rings is 1. The molecule has 1 heterocycles. The molecule has 6 heteroatoms. The van der Waals surface area contributed by atoms with Crippen LogP contribution < -0.4 is 4.74 Å². The lowest BCUT2D eigenvalue weighted by Gasteiger charge is -2.33. The van der Waals surface area contributed by atoms with Crippen LogP contribution in [0.3, 0.4) is 0 Å². The molecule has 33 heavy (non-hydrogen) atoms. The van der Waals surface area contributed by atoms with E-state index in [4.69, 9.17) is 9.47 Å². The highest BCUT2D eigenvalue weighted by Crippen LogP contribution is 2.30. The number of ether oxygens (including phenoxy) is 2. The molecule has 0 N–H and O–H groups in total. The largest absolute Gasteiger partial charge is 0.491 e. The third-order valence-electron chi connectivity index (χ3n) is 6.31. The van der Waals surface area contributed by atoms with E-state index >= 15 is 0 Å². The number of hydrogen-bond acceptors (Lipinski definition) is 5. The van der Waals surface area contributed by atoms with E-state index in [1.54, 1.807) is 11.8 Å². The van der Waals surface area contributed by atoms with Gasteiger partial charge in [0.1, 0.15) is 18.5 Å². The highest BCUT2D eigenvalue weighted by Gasteiger charge is 2.26. The second kappa shape index (κ2) is 9.98. The molecule has 0 radical (unpaired) electrons. The predicted molar refractivity (Wildman–Crippen MR) is 131 cm³/mol. The molecule has 170 valence electrons. The van der Waals surface area contributed by atoms with Crippen LogP contribution in [0.4, 0.5) is 0 Å². The first-order valence-electron chi connectivity index (χ1n) is 11.4. The molecule has 1 saturated heterocycles. The van der Waals surface area contributed by atoms with Crippen molar-refractivity contribution in [2.24, 2.45) is 0 Å². The van der Waals surface area contributed by atoms with E-state index in [-0.39, 0.29) is 17.8 Å². The summed E-state index contributed by atoms with van der Waals surface area (Å²) in [5.41, 5.74) is 3.03. The van der Waals surface area contributed by atoms with Gasteiger partial charge in [-0.25, -0.2) is 0 Å². The number of benzene rings is 3. The molecule has 1 amide bonds. The van der Waals surface area contributed by atoms with Gasteiger partial charge in [-0.1, -0.05) is 54.6 Å². The van der Waals surface area contributed by atoms with Crippen LogP contribution in [0, 0.1) is 0 Å². The summed E-state index contributed by atoms with van der Waals surface area (Å²) >= 11 is 1.65. The second-order valence-corrected chi connectivity index (χ2v) is 9.47. The van der Waals surface area contributed by atoms with Crippen LogP contribution in [0.25, 0.3) is 10.8 Å². The maximum absolute atomic E-state index is 12.8. The number of hydrogen-bond donors (Lipinski definition) is 0. The average Bonchev–Trinajstić information content (AvgIpc) is 3.24. The summed E-state index contributed by atoms with van der Waals surface area (Å²) in [5, 5.41) is 2.48. The van der Waals surface area contributed by atoms with E-state index in [0.717, 1.165) is 29.1 Å². The van der Waals surface area contributed by atoms with Crippen molar-refractivity contribution in [2.75, 3.05) is 32.1 Å². The summed E-state index contributed by atoms with van der Waals surface area (Å²) in [7, 11) is 0. The highest BCUT2D eigenvalue weighted by molar-refractivity contribution is 7.99. The molecule has 0 aromatic heterocycles. The summed E-state index contributed by atoms with van der Waals surface area (Å²) in [4.78, 5) is 26.7. The first-order chi connectivity index (χ1) is 16.2. The van der Waals surface area contributed by atoms with Crippen molar-refractivity contribution in [3.63, 3.8) is 0 Å². The number of ketones is 1. The van der Waals surface area contributed by atoms with Gasteiger partial charge in [0.2, 0.25) is 5.91 Å². The summed E-state index contributed by atoms with van der Waals surface area (Å²) in [6.07, 6.45) is 1.11. The number of carbonyl (C=O) groups is 2. The molecular formula is C27H27NO4S.